The van der Waals surface area contributed by atoms with Gasteiger partial charge >= 0.3 is 5.97 Å². The Balaban J connectivity index is 1.42. The van der Waals surface area contributed by atoms with Gasteiger partial charge in [0.1, 0.15) is 6.54 Å². The monoisotopic (exact) mass is 404 g/mol. The number of nitrogens with one attached hydrogen (secondary N) is 2. The van der Waals surface area contributed by atoms with Crippen LogP contribution in [0.3, 0.4) is 0 Å². The highest BCUT2D eigenvalue weighted by Gasteiger charge is 2.29. The number of hydrogen-bond donors (Lipinski definition) is 2. The van der Waals surface area contributed by atoms with Crippen LogP contribution < -0.4 is 10.6 Å². The lowest BCUT2D eigenvalue weighted by atomic mass is 10.1. The molecule has 0 aromatic heterocycles. The smallest absolute Gasteiger partial charge is 0.325 e. The number of ether oxygens (including phenoxy) is 1. The minimum absolute atomic E-state index is 0.0402. The van der Waals surface area contributed by atoms with Gasteiger partial charge in [0.25, 0.3) is 11.8 Å². The molecule has 2 N–H and O–H groups in total. The standard InChI is InChI=1S/C19H20N2O6S/c22-17(21-16-7-8-28(25,26)12-16)11-27-18(23)10-20-19(24)15-6-5-13-3-1-2-4-14(13)9-15/h1-6,9,16H,7-8,10-12H2,(H,20,24)(H,21,22)/t16-/m0/s1. The van der Waals surface area contributed by atoms with Crippen LogP contribution in [0.1, 0.15) is 16.8 Å². The Bertz CT molecular complexity index is 1020. The normalized spacial score (nSPS) is 17.8. The molecule has 0 unspecified atom stereocenters. The second-order valence-corrected chi connectivity index (χ2v) is 8.80. The highest BCUT2D eigenvalue weighted by atomic mass is 32.2. The number of carbonyl (C=O) groups excluding carboxylic acids is 3. The average molecular weight is 404 g/mol. The maximum Gasteiger partial charge on any atom is 0.325 e. The van der Waals surface area contributed by atoms with Crippen LogP contribution in [0.4, 0.5) is 0 Å². The van der Waals surface area contributed by atoms with Gasteiger partial charge in [-0.1, -0.05) is 30.3 Å². The molecule has 1 saturated heterocycles. The van der Waals surface area contributed by atoms with Crippen LogP contribution in [0, 0.1) is 0 Å². The Morgan fingerprint density at radius 3 is 2.54 bits per heavy atom. The van der Waals surface area contributed by atoms with E-state index in [9.17, 15) is 22.8 Å². The van der Waals surface area contributed by atoms with Crippen molar-refractivity contribution in [1.82, 2.24) is 10.6 Å². The van der Waals surface area contributed by atoms with Crippen LogP contribution >= 0.6 is 0 Å². The maximum absolute atomic E-state index is 12.2. The summed E-state index contributed by atoms with van der Waals surface area (Å²) in [5, 5.41) is 6.87. The van der Waals surface area contributed by atoms with Gasteiger partial charge in [0.15, 0.2) is 16.4 Å². The molecule has 0 spiro atoms. The number of esters is 1. The summed E-state index contributed by atoms with van der Waals surface area (Å²) in [6.45, 7) is -0.905. The van der Waals surface area contributed by atoms with Gasteiger partial charge in [-0.2, -0.15) is 0 Å². The van der Waals surface area contributed by atoms with Gasteiger partial charge in [0, 0.05) is 11.6 Å². The highest BCUT2D eigenvalue weighted by Crippen LogP contribution is 2.15. The molecule has 1 heterocycles. The molecule has 2 amide bonds. The van der Waals surface area contributed by atoms with Crippen LogP contribution in [0.25, 0.3) is 10.8 Å². The Morgan fingerprint density at radius 2 is 1.82 bits per heavy atom. The molecule has 0 saturated carbocycles. The van der Waals surface area contributed by atoms with Crippen molar-refractivity contribution >= 4 is 38.4 Å². The Kier molecular flexibility index (Phi) is 5.93. The van der Waals surface area contributed by atoms with Crippen molar-refractivity contribution < 1.29 is 27.5 Å². The van der Waals surface area contributed by atoms with Gasteiger partial charge < -0.3 is 15.4 Å². The van der Waals surface area contributed by atoms with Crippen molar-refractivity contribution in [3.05, 3.63) is 48.0 Å². The fourth-order valence-corrected chi connectivity index (χ4v) is 4.63. The third-order valence-corrected chi connectivity index (χ3v) is 6.13. The fourth-order valence-electron chi connectivity index (χ4n) is 2.96. The summed E-state index contributed by atoms with van der Waals surface area (Å²) in [6, 6.07) is 12.3. The van der Waals surface area contributed by atoms with E-state index < -0.39 is 40.3 Å². The number of carbonyl (C=O) groups is 3. The van der Waals surface area contributed by atoms with Crippen molar-refractivity contribution in [2.75, 3.05) is 24.7 Å². The lowest BCUT2D eigenvalue weighted by Gasteiger charge is -2.11. The van der Waals surface area contributed by atoms with Gasteiger partial charge in [-0.3, -0.25) is 14.4 Å². The molecule has 1 aliphatic rings. The second kappa shape index (κ2) is 8.39. The minimum Gasteiger partial charge on any atom is -0.454 e. The molecule has 0 aliphatic carbocycles. The number of fused-ring (bicyclic) bond motifs is 1. The Labute approximate surface area is 162 Å². The molecule has 148 valence electrons. The molecule has 9 heteroatoms. The molecular formula is C19H20N2O6S. The summed E-state index contributed by atoms with van der Waals surface area (Å²) in [4.78, 5) is 35.6. The lowest BCUT2D eigenvalue weighted by molar-refractivity contribution is -0.147. The van der Waals surface area contributed by atoms with Crippen LogP contribution in [0.5, 0.6) is 0 Å². The zero-order valence-corrected chi connectivity index (χ0v) is 15.8. The highest BCUT2D eigenvalue weighted by molar-refractivity contribution is 7.91. The molecule has 8 nitrogen and oxygen atoms in total. The number of hydrogen-bond acceptors (Lipinski definition) is 6. The predicted molar refractivity (Wildman–Crippen MR) is 102 cm³/mol. The summed E-state index contributed by atoms with van der Waals surface area (Å²) in [5.74, 6) is -1.82. The SMILES string of the molecule is O=C(COC(=O)CNC(=O)c1ccc2ccccc2c1)N[C@H]1CCS(=O)(=O)C1. The third kappa shape index (κ3) is 5.29. The fraction of sp³-hybridized carbons (Fsp3) is 0.316. The minimum atomic E-state index is -3.10. The van der Waals surface area contributed by atoms with E-state index in [1.165, 1.54) is 0 Å². The molecule has 2 aromatic carbocycles. The van der Waals surface area contributed by atoms with E-state index in [4.69, 9.17) is 4.74 Å². The van der Waals surface area contributed by atoms with E-state index in [0.29, 0.717) is 12.0 Å². The molecule has 1 aliphatic heterocycles. The first kappa shape index (κ1) is 19.8. The number of benzene rings is 2. The van der Waals surface area contributed by atoms with E-state index >= 15 is 0 Å². The van der Waals surface area contributed by atoms with Crippen LogP contribution in [-0.4, -0.2) is 56.9 Å². The summed E-state index contributed by atoms with van der Waals surface area (Å²) in [6.07, 6.45) is 0.351. The van der Waals surface area contributed by atoms with Crippen molar-refractivity contribution in [3.8, 4) is 0 Å². The quantitative estimate of drug-likeness (QED) is 0.674. The summed E-state index contributed by atoms with van der Waals surface area (Å²) in [5.41, 5.74) is 0.409. The van der Waals surface area contributed by atoms with Gasteiger partial charge in [0.2, 0.25) is 0 Å². The van der Waals surface area contributed by atoms with Gasteiger partial charge in [0.05, 0.1) is 11.5 Å². The first-order valence-electron chi connectivity index (χ1n) is 8.75. The number of amides is 2. The topological polar surface area (TPSA) is 119 Å². The van der Waals surface area contributed by atoms with E-state index in [1.54, 1.807) is 12.1 Å². The van der Waals surface area contributed by atoms with Crippen LogP contribution in [0.15, 0.2) is 42.5 Å². The van der Waals surface area contributed by atoms with Gasteiger partial charge in [-0.25, -0.2) is 8.42 Å². The van der Waals surface area contributed by atoms with E-state index in [0.717, 1.165) is 10.8 Å². The molecule has 1 fully saturated rings. The second-order valence-electron chi connectivity index (χ2n) is 6.57. The average Bonchev–Trinajstić information content (AvgIpc) is 3.02. The van der Waals surface area contributed by atoms with E-state index in [-0.39, 0.29) is 18.1 Å². The predicted octanol–water partition coefficient (Wildman–Crippen LogP) is 0.416. The Hall–Kier alpha value is -2.94. The number of sulfone groups is 1. The third-order valence-electron chi connectivity index (χ3n) is 4.37. The van der Waals surface area contributed by atoms with Crippen molar-refractivity contribution in [2.24, 2.45) is 0 Å². The first-order chi connectivity index (χ1) is 13.3. The Morgan fingerprint density at radius 1 is 1.07 bits per heavy atom. The summed E-state index contributed by atoms with van der Waals surface area (Å²) in [7, 11) is -3.10. The molecule has 1 atom stereocenters. The summed E-state index contributed by atoms with van der Waals surface area (Å²) < 4.78 is 27.5. The molecule has 3 rings (SSSR count). The van der Waals surface area contributed by atoms with E-state index in [2.05, 4.69) is 10.6 Å². The maximum atomic E-state index is 12.2. The van der Waals surface area contributed by atoms with E-state index in [1.807, 2.05) is 30.3 Å². The molecule has 2 aromatic rings. The summed E-state index contributed by atoms with van der Waals surface area (Å²) >= 11 is 0. The van der Waals surface area contributed by atoms with Gasteiger partial charge in [-0.05, 0) is 29.3 Å². The van der Waals surface area contributed by atoms with Crippen LogP contribution in [-0.2, 0) is 24.2 Å². The molecule has 0 radical (unpaired) electrons. The van der Waals surface area contributed by atoms with Crippen molar-refractivity contribution in [1.29, 1.82) is 0 Å². The molecule has 0 bridgehead atoms. The van der Waals surface area contributed by atoms with Crippen molar-refractivity contribution in [2.45, 2.75) is 12.5 Å². The molecular weight excluding hydrogens is 384 g/mol. The number of rotatable bonds is 6. The molecule has 28 heavy (non-hydrogen) atoms. The zero-order valence-electron chi connectivity index (χ0n) is 15.0. The van der Waals surface area contributed by atoms with Crippen LogP contribution in [0.2, 0.25) is 0 Å². The zero-order chi connectivity index (χ0) is 20.1. The lowest BCUT2D eigenvalue weighted by Crippen LogP contribution is -2.39. The largest absolute Gasteiger partial charge is 0.454 e. The first-order valence-corrected chi connectivity index (χ1v) is 10.6. The van der Waals surface area contributed by atoms with Crippen molar-refractivity contribution in [3.63, 3.8) is 0 Å². The van der Waals surface area contributed by atoms with Gasteiger partial charge in [-0.15, -0.1) is 0 Å².